The topological polar surface area (TPSA) is 49.3 Å². The molecule has 25 heavy (non-hydrogen) atoms. The Morgan fingerprint density at radius 2 is 1.84 bits per heavy atom. The molecule has 1 aliphatic heterocycles. The Balaban J connectivity index is 1.76. The van der Waals surface area contributed by atoms with Crippen LogP contribution in [0.15, 0.2) is 36.7 Å². The number of aromatic nitrogens is 2. The monoisotopic (exact) mass is 338 g/mol. The Hall–Kier alpha value is -2.94. The van der Waals surface area contributed by atoms with Gasteiger partial charge in [-0.15, -0.1) is 0 Å². The number of halogens is 1. The van der Waals surface area contributed by atoms with Crippen molar-refractivity contribution in [3.63, 3.8) is 0 Å². The molecule has 1 saturated heterocycles. The molecule has 0 bridgehead atoms. The number of anilines is 1. The van der Waals surface area contributed by atoms with Crippen LogP contribution < -0.4 is 4.90 Å². The van der Waals surface area contributed by atoms with Crippen molar-refractivity contribution in [1.82, 2.24) is 14.9 Å². The minimum atomic E-state index is -0.325. The molecule has 2 aromatic rings. The molecule has 0 radical (unpaired) electrons. The second-order valence-corrected chi connectivity index (χ2v) is 6.59. The van der Waals surface area contributed by atoms with Crippen molar-refractivity contribution >= 4 is 12.0 Å². The lowest BCUT2D eigenvalue weighted by molar-refractivity contribution is 0.140. The number of hydrogen-bond acceptors (Lipinski definition) is 3. The van der Waals surface area contributed by atoms with Crippen LogP contribution in [0.3, 0.4) is 0 Å². The number of urea groups is 1. The van der Waals surface area contributed by atoms with Gasteiger partial charge < -0.3 is 4.90 Å². The average Bonchev–Trinajstić information content (AvgIpc) is 2.59. The summed E-state index contributed by atoms with van der Waals surface area (Å²) in [7, 11) is 1.79. The smallest absolute Gasteiger partial charge is 0.322 e. The molecule has 0 atom stereocenters. The van der Waals surface area contributed by atoms with Crippen LogP contribution in [-0.4, -0.2) is 40.0 Å². The minimum Gasteiger partial charge on any atom is -0.322 e. The Labute approximate surface area is 146 Å². The Bertz CT molecular complexity index is 852. The highest BCUT2D eigenvalue weighted by Gasteiger charge is 2.37. The van der Waals surface area contributed by atoms with Gasteiger partial charge in [-0.25, -0.2) is 19.2 Å². The quantitative estimate of drug-likeness (QED) is 0.751. The van der Waals surface area contributed by atoms with E-state index in [1.54, 1.807) is 41.4 Å². The molecule has 0 unspecified atom stereocenters. The van der Waals surface area contributed by atoms with Crippen LogP contribution in [0.2, 0.25) is 0 Å². The van der Waals surface area contributed by atoms with Gasteiger partial charge in [0.2, 0.25) is 5.95 Å². The van der Waals surface area contributed by atoms with Crippen molar-refractivity contribution < 1.29 is 9.18 Å². The largest absolute Gasteiger partial charge is 0.327 e. The van der Waals surface area contributed by atoms with E-state index in [9.17, 15) is 9.18 Å². The van der Waals surface area contributed by atoms with Gasteiger partial charge in [0, 0.05) is 37.1 Å². The summed E-state index contributed by atoms with van der Waals surface area (Å²) in [6.07, 6.45) is 3.98. The molecule has 0 N–H and O–H groups in total. The summed E-state index contributed by atoms with van der Waals surface area (Å²) in [4.78, 5) is 24.3. The summed E-state index contributed by atoms with van der Waals surface area (Å²) in [6, 6.07) is 5.96. The molecule has 1 fully saturated rings. The average molecular weight is 338 g/mol. The van der Waals surface area contributed by atoms with Crippen molar-refractivity contribution in [3.05, 3.63) is 53.6 Å². The van der Waals surface area contributed by atoms with Crippen LogP contribution in [0.1, 0.15) is 31.4 Å². The van der Waals surface area contributed by atoms with Crippen LogP contribution in [-0.2, 0) is 0 Å². The third-order valence-corrected chi connectivity index (χ3v) is 4.43. The second-order valence-electron chi connectivity index (χ2n) is 6.59. The lowest BCUT2D eigenvalue weighted by atomic mass is 9.96. The molecule has 2 amide bonds. The maximum Gasteiger partial charge on any atom is 0.327 e. The SMILES string of the molecule is CN1C(=O)N(c2ncc(C#Cc3cccc(F)c3)cn2)CCC1(C)C. The van der Waals surface area contributed by atoms with E-state index >= 15 is 0 Å². The van der Waals surface area contributed by atoms with Gasteiger partial charge in [0.25, 0.3) is 0 Å². The van der Waals surface area contributed by atoms with Crippen molar-refractivity contribution in [1.29, 1.82) is 0 Å². The van der Waals surface area contributed by atoms with E-state index in [1.165, 1.54) is 12.1 Å². The molecule has 6 heteroatoms. The molecule has 5 nitrogen and oxygen atoms in total. The lowest BCUT2D eigenvalue weighted by Crippen LogP contribution is -2.58. The zero-order valence-electron chi connectivity index (χ0n) is 14.5. The molecule has 1 aromatic heterocycles. The summed E-state index contributed by atoms with van der Waals surface area (Å²) >= 11 is 0. The molecule has 0 saturated carbocycles. The first-order valence-corrected chi connectivity index (χ1v) is 8.02. The second kappa shape index (κ2) is 6.52. The van der Waals surface area contributed by atoms with Crippen molar-refractivity contribution in [2.24, 2.45) is 0 Å². The normalized spacial score (nSPS) is 16.4. The van der Waals surface area contributed by atoms with Gasteiger partial charge in [-0.2, -0.15) is 0 Å². The highest BCUT2D eigenvalue weighted by molar-refractivity contribution is 5.91. The fraction of sp³-hybridized carbons (Fsp3) is 0.316. The Kier molecular flexibility index (Phi) is 4.41. The molecule has 3 rings (SSSR count). The summed E-state index contributed by atoms with van der Waals surface area (Å²) in [5.41, 5.74) is 1.01. The maximum atomic E-state index is 13.1. The predicted octanol–water partition coefficient (Wildman–Crippen LogP) is 3.06. The number of amides is 2. The van der Waals surface area contributed by atoms with Crippen molar-refractivity contribution in [2.75, 3.05) is 18.5 Å². The fourth-order valence-electron chi connectivity index (χ4n) is 2.51. The van der Waals surface area contributed by atoms with E-state index < -0.39 is 0 Å². The van der Waals surface area contributed by atoms with Gasteiger partial charge in [0.05, 0.1) is 5.56 Å². The third kappa shape index (κ3) is 3.61. The number of hydrogen-bond donors (Lipinski definition) is 0. The van der Waals surface area contributed by atoms with Crippen LogP contribution >= 0.6 is 0 Å². The van der Waals surface area contributed by atoms with Gasteiger partial charge in [-0.05, 0) is 38.5 Å². The summed E-state index contributed by atoms with van der Waals surface area (Å²) < 4.78 is 13.1. The molecular formula is C19H19FN4O. The lowest BCUT2D eigenvalue weighted by Gasteiger charge is -2.43. The zero-order chi connectivity index (χ0) is 18.0. The molecule has 2 heterocycles. The number of benzene rings is 1. The van der Waals surface area contributed by atoms with Gasteiger partial charge in [0.1, 0.15) is 5.82 Å². The van der Waals surface area contributed by atoms with Crippen LogP contribution in [0.5, 0.6) is 0 Å². The van der Waals surface area contributed by atoms with E-state index in [4.69, 9.17) is 0 Å². The molecule has 0 aliphatic carbocycles. The zero-order valence-corrected chi connectivity index (χ0v) is 14.5. The molecule has 0 spiro atoms. The van der Waals surface area contributed by atoms with Gasteiger partial charge in [0.15, 0.2) is 0 Å². The van der Waals surface area contributed by atoms with Crippen molar-refractivity contribution in [2.45, 2.75) is 25.8 Å². The van der Waals surface area contributed by atoms with Crippen LogP contribution in [0.25, 0.3) is 0 Å². The maximum absolute atomic E-state index is 13.1. The van der Waals surface area contributed by atoms with E-state index in [0.717, 1.165) is 6.42 Å². The predicted molar refractivity (Wildman–Crippen MR) is 93.6 cm³/mol. The number of nitrogens with zero attached hydrogens (tertiary/aromatic N) is 4. The van der Waals surface area contributed by atoms with Gasteiger partial charge >= 0.3 is 6.03 Å². The van der Waals surface area contributed by atoms with E-state index in [2.05, 4.69) is 21.8 Å². The molecule has 128 valence electrons. The van der Waals surface area contributed by atoms with E-state index in [-0.39, 0.29) is 17.4 Å². The summed E-state index contributed by atoms with van der Waals surface area (Å²) in [5, 5.41) is 0. The third-order valence-electron chi connectivity index (χ3n) is 4.43. The minimum absolute atomic E-state index is 0.116. The molecule has 1 aromatic carbocycles. The first-order valence-electron chi connectivity index (χ1n) is 8.02. The molecular weight excluding hydrogens is 319 g/mol. The van der Waals surface area contributed by atoms with Crippen molar-refractivity contribution in [3.8, 4) is 11.8 Å². The van der Waals surface area contributed by atoms with E-state index in [0.29, 0.717) is 23.6 Å². The van der Waals surface area contributed by atoms with Crippen LogP contribution in [0, 0.1) is 17.7 Å². The van der Waals surface area contributed by atoms with Crippen LogP contribution in [0.4, 0.5) is 15.1 Å². The number of rotatable bonds is 1. The summed E-state index contributed by atoms with van der Waals surface area (Å²) in [5.74, 6) is 5.80. The van der Waals surface area contributed by atoms with Gasteiger partial charge in [-0.1, -0.05) is 17.9 Å². The molecule has 1 aliphatic rings. The van der Waals surface area contributed by atoms with E-state index in [1.807, 2.05) is 13.8 Å². The standard InChI is InChI=1S/C19H19FN4O/c1-19(2)9-10-24(18(25)23(19)3)17-21-12-15(13-22-17)8-7-14-5-4-6-16(20)11-14/h4-6,11-13H,9-10H2,1-3H3. The first kappa shape index (κ1) is 16.9. The summed E-state index contributed by atoms with van der Waals surface area (Å²) in [6.45, 7) is 4.65. The number of carbonyl (C=O) groups excluding carboxylic acids is 1. The first-order chi connectivity index (χ1) is 11.9. The van der Waals surface area contributed by atoms with Gasteiger partial charge in [-0.3, -0.25) is 4.90 Å². The number of carbonyl (C=O) groups is 1. The highest BCUT2D eigenvalue weighted by atomic mass is 19.1. The Morgan fingerprint density at radius 3 is 2.52 bits per heavy atom. The Morgan fingerprint density at radius 1 is 1.16 bits per heavy atom. The highest BCUT2D eigenvalue weighted by Crippen LogP contribution is 2.26. The fourth-order valence-corrected chi connectivity index (χ4v) is 2.51.